The number of carbonyl (C=O) groups is 4. The molecule has 2 fully saturated rings. The van der Waals surface area contributed by atoms with Gasteiger partial charge in [-0.25, -0.2) is 0 Å². The van der Waals surface area contributed by atoms with Gasteiger partial charge in [0.05, 0.1) is 18.6 Å². The minimum atomic E-state index is -0.883. The third kappa shape index (κ3) is 7.17. The lowest BCUT2D eigenvalue weighted by molar-refractivity contribution is -0.139. The monoisotopic (exact) mass is 438 g/mol. The van der Waals surface area contributed by atoms with E-state index in [9.17, 15) is 19.2 Å². The summed E-state index contributed by atoms with van der Waals surface area (Å²) in [6, 6.07) is -2.50. The standard InChI is InChI=1S/C19H34N8O4/c1-2-3-5-11-17(30)25-12(8-24-11)15(28)10-27-9-13(16(20)29)26-18(31)14(27)6-4-7-23-19(21)22/h11-14,24H,2-10H2,1H3,(H2,20,29)(H,25,30)(H,26,31)(H4,21,22,23)/t11-,12+,13+,14-/m0/s1. The number of amides is 3. The minimum absolute atomic E-state index is 0.0355. The first-order chi connectivity index (χ1) is 14.7. The van der Waals surface area contributed by atoms with E-state index < -0.39 is 24.0 Å². The van der Waals surface area contributed by atoms with Crippen molar-refractivity contribution in [3.8, 4) is 0 Å². The molecule has 2 aliphatic heterocycles. The van der Waals surface area contributed by atoms with E-state index in [-0.39, 0.29) is 42.7 Å². The molecule has 2 heterocycles. The Morgan fingerprint density at radius 1 is 1.06 bits per heavy atom. The molecule has 9 N–H and O–H groups in total. The lowest BCUT2D eigenvalue weighted by Gasteiger charge is -2.39. The van der Waals surface area contributed by atoms with Crippen LogP contribution in [0.15, 0.2) is 4.99 Å². The lowest BCUT2D eigenvalue weighted by atomic mass is 10.00. The van der Waals surface area contributed by atoms with Crippen LogP contribution < -0.4 is 33.2 Å². The molecule has 12 nitrogen and oxygen atoms in total. The fourth-order valence-electron chi connectivity index (χ4n) is 3.81. The van der Waals surface area contributed by atoms with E-state index in [1.165, 1.54) is 0 Å². The Morgan fingerprint density at radius 3 is 2.39 bits per heavy atom. The summed E-state index contributed by atoms with van der Waals surface area (Å²) in [5.74, 6) is -1.51. The van der Waals surface area contributed by atoms with Crippen molar-refractivity contribution in [2.45, 2.75) is 63.2 Å². The molecule has 2 rings (SSSR count). The van der Waals surface area contributed by atoms with E-state index in [0.29, 0.717) is 32.4 Å². The highest BCUT2D eigenvalue weighted by Gasteiger charge is 2.39. The molecule has 0 aromatic carbocycles. The van der Waals surface area contributed by atoms with Crippen molar-refractivity contribution in [3.05, 3.63) is 0 Å². The van der Waals surface area contributed by atoms with E-state index in [2.05, 4.69) is 27.9 Å². The number of unbranched alkanes of at least 4 members (excludes halogenated alkanes) is 1. The van der Waals surface area contributed by atoms with Gasteiger partial charge in [-0.15, -0.1) is 0 Å². The van der Waals surface area contributed by atoms with Crippen LogP contribution in [-0.2, 0) is 19.2 Å². The summed E-state index contributed by atoms with van der Waals surface area (Å²) >= 11 is 0. The molecule has 0 radical (unpaired) electrons. The molecule has 31 heavy (non-hydrogen) atoms. The molecular formula is C19H34N8O4. The summed E-state index contributed by atoms with van der Waals surface area (Å²) in [5, 5.41) is 8.50. The van der Waals surface area contributed by atoms with E-state index >= 15 is 0 Å². The lowest BCUT2D eigenvalue weighted by Crippen LogP contribution is -2.66. The summed E-state index contributed by atoms with van der Waals surface area (Å²) < 4.78 is 0. The van der Waals surface area contributed by atoms with Gasteiger partial charge in [0, 0.05) is 19.6 Å². The van der Waals surface area contributed by atoms with Gasteiger partial charge in [0.1, 0.15) is 12.1 Å². The third-order valence-electron chi connectivity index (χ3n) is 5.55. The maximum Gasteiger partial charge on any atom is 0.241 e. The zero-order chi connectivity index (χ0) is 23.0. The summed E-state index contributed by atoms with van der Waals surface area (Å²) in [5.41, 5.74) is 16.0. The van der Waals surface area contributed by atoms with Crippen LogP contribution >= 0.6 is 0 Å². The Hall–Kier alpha value is -2.73. The Balaban J connectivity index is 2.00. The highest BCUT2D eigenvalue weighted by atomic mass is 16.2. The highest BCUT2D eigenvalue weighted by Crippen LogP contribution is 2.15. The number of nitrogens with one attached hydrogen (secondary N) is 3. The van der Waals surface area contributed by atoms with Crippen LogP contribution in [0.5, 0.6) is 0 Å². The van der Waals surface area contributed by atoms with Crippen molar-refractivity contribution in [3.63, 3.8) is 0 Å². The zero-order valence-electron chi connectivity index (χ0n) is 17.9. The molecule has 12 heteroatoms. The number of ketones is 1. The van der Waals surface area contributed by atoms with Gasteiger partial charge in [-0.05, 0) is 19.3 Å². The molecule has 0 aromatic heterocycles. The van der Waals surface area contributed by atoms with Crippen molar-refractivity contribution in [2.24, 2.45) is 22.2 Å². The van der Waals surface area contributed by atoms with Gasteiger partial charge in [0.15, 0.2) is 11.7 Å². The number of Topliss-reactive ketones (excluding diaryl/α,β-unsaturated/α-hetero) is 1. The molecule has 2 saturated heterocycles. The summed E-state index contributed by atoms with van der Waals surface area (Å²) in [7, 11) is 0. The Bertz CT molecular complexity index is 709. The topological polar surface area (TPSA) is 198 Å². The van der Waals surface area contributed by atoms with Crippen LogP contribution in [0.25, 0.3) is 0 Å². The summed E-state index contributed by atoms with van der Waals surface area (Å²) in [6.45, 7) is 2.75. The predicted molar refractivity (Wildman–Crippen MR) is 115 cm³/mol. The molecule has 0 aliphatic carbocycles. The van der Waals surface area contributed by atoms with Gasteiger partial charge in [-0.1, -0.05) is 19.8 Å². The first-order valence-corrected chi connectivity index (χ1v) is 10.7. The number of hydrogen-bond acceptors (Lipinski definition) is 7. The fraction of sp³-hybridized carbons (Fsp3) is 0.737. The maximum atomic E-state index is 12.9. The van der Waals surface area contributed by atoms with Crippen LogP contribution in [0.2, 0.25) is 0 Å². The first-order valence-electron chi connectivity index (χ1n) is 10.7. The first kappa shape index (κ1) is 24.5. The van der Waals surface area contributed by atoms with Crippen LogP contribution in [0, 0.1) is 0 Å². The van der Waals surface area contributed by atoms with Crippen LogP contribution in [-0.4, -0.2) is 84.7 Å². The average molecular weight is 439 g/mol. The van der Waals surface area contributed by atoms with Crippen molar-refractivity contribution < 1.29 is 19.2 Å². The van der Waals surface area contributed by atoms with E-state index in [1.807, 2.05) is 0 Å². The SMILES string of the molecule is CCCC[C@@H]1NC[C@H](C(=O)CN2C[C@H](C(N)=O)NC(=O)[C@@H]2CCCN=C(N)N)NC1=O. The highest BCUT2D eigenvalue weighted by molar-refractivity contribution is 5.95. The van der Waals surface area contributed by atoms with E-state index in [1.54, 1.807) is 4.90 Å². The van der Waals surface area contributed by atoms with Crippen LogP contribution in [0.1, 0.15) is 39.0 Å². The third-order valence-corrected chi connectivity index (χ3v) is 5.55. The van der Waals surface area contributed by atoms with Crippen molar-refractivity contribution in [2.75, 3.05) is 26.2 Å². The number of rotatable bonds is 11. The maximum absolute atomic E-state index is 12.9. The second kappa shape index (κ2) is 11.6. The van der Waals surface area contributed by atoms with Crippen molar-refractivity contribution >= 4 is 29.5 Å². The number of nitrogens with zero attached hydrogens (tertiary/aromatic N) is 2. The number of aliphatic imine (C=N–C) groups is 1. The summed E-state index contributed by atoms with van der Waals surface area (Å²) in [4.78, 5) is 54.9. The van der Waals surface area contributed by atoms with Gasteiger partial charge < -0.3 is 33.2 Å². The van der Waals surface area contributed by atoms with Gasteiger partial charge in [-0.3, -0.25) is 29.1 Å². The molecule has 174 valence electrons. The quantitative estimate of drug-likeness (QED) is 0.111. The smallest absolute Gasteiger partial charge is 0.241 e. The molecule has 2 aliphatic rings. The van der Waals surface area contributed by atoms with Crippen LogP contribution in [0.4, 0.5) is 0 Å². The van der Waals surface area contributed by atoms with Gasteiger partial charge in [0.2, 0.25) is 17.7 Å². The van der Waals surface area contributed by atoms with Gasteiger partial charge in [0.25, 0.3) is 0 Å². The largest absolute Gasteiger partial charge is 0.370 e. The van der Waals surface area contributed by atoms with E-state index in [0.717, 1.165) is 12.8 Å². The summed E-state index contributed by atoms with van der Waals surface area (Å²) in [6.07, 6.45) is 3.53. The molecule has 4 atom stereocenters. The number of nitrogens with two attached hydrogens (primary N) is 3. The van der Waals surface area contributed by atoms with Crippen LogP contribution in [0.3, 0.4) is 0 Å². The zero-order valence-corrected chi connectivity index (χ0v) is 17.9. The molecule has 0 aromatic rings. The molecular weight excluding hydrogens is 404 g/mol. The number of primary amides is 1. The van der Waals surface area contributed by atoms with Crippen molar-refractivity contribution in [1.82, 2.24) is 20.9 Å². The molecule has 0 bridgehead atoms. The second-order valence-corrected chi connectivity index (χ2v) is 7.99. The number of guanidine groups is 1. The van der Waals surface area contributed by atoms with Crippen molar-refractivity contribution in [1.29, 1.82) is 0 Å². The number of piperazine rings is 2. The Kier molecular flexibility index (Phi) is 9.19. The number of carbonyl (C=O) groups excluding carboxylic acids is 4. The normalized spacial score (nSPS) is 26.6. The number of hydrogen-bond donors (Lipinski definition) is 6. The molecule has 3 amide bonds. The van der Waals surface area contributed by atoms with Gasteiger partial charge >= 0.3 is 0 Å². The predicted octanol–water partition coefficient (Wildman–Crippen LogP) is -3.09. The Labute approximate surface area is 181 Å². The molecule has 0 spiro atoms. The Morgan fingerprint density at radius 2 is 1.77 bits per heavy atom. The van der Waals surface area contributed by atoms with E-state index in [4.69, 9.17) is 17.2 Å². The fourth-order valence-corrected chi connectivity index (χ4v) is 3.81. The molecule has 0 unspecified atom stereocenters. The average Bonchev–Trinajstić information content (AvgIpc) is 2.71. The van der Waals surface area contributed by atoms with Gasteiger partial charge in [-0.2, -0.15) is 0 Å². The molecule has 0 saturated carbocycles. The second-order valence-electron chi connectivity index (χ2n) is 7.99. The minimum Gasteiger partial charge on any atom is -0.370 e.